The topological polar surface area (TPSA) is 74.8 Å². The fraction of sp³-hybridized carbons (Fsp3) is 0.500. The number of hydrogen-bond donors (Lipinski definition) is 3. The molecule has 1 aromatic rings. The molecule has 122 valence electrons. The van der Waals surface area contributed by atoms with Gasteiger partial charge in [-0.15, -0.1) is 0 Å². The van der Waals surface area contributed by atoms with Gasteiger partial charge < -0.3 is 20.7 Å². The first-order valence-corrected chi connectivity index (χ1v) is 7.40. The standard InChI is InChI=1S/C16H26N4O2/c1-12(2)15(21)20-14-7-5-13(6-8-14)11-19-16(17-3)18-9-10-22-4/h5-8,12H,9-11H2,1-4H3,(H,20,21)(H2,17,18,19). The molecule has 0 saturated carbocycles. The van der Waals surface area contributed by atoms with E-state index in [2.05, 4.69) is 20.9 Å². The molecule has 0 unspecified atom stereocenters. The van der Waals surface area contributed by atoms with Crippen LogP contribution in [0.3, 0.4) is 0 Å². The molecular weight excluding hydrogens is 280 g/mol. The van der Waals surface area contributed by atoms with Crippen molar-refractivity contribution in [2.24, 2.45) is 10.9 Å². The zero-order valence-corrected chi connectivity index (χ0v) is 13.8. The number of anilines is 1. The van der Waals surface area contributed by atoms with Crippen LogP contribution in [0.2, 0.25) is 0 Å². The highest BCUT2D eigenvalue weighted by atomic mass is 16.5. The van der Waals surface area contributed by atoms with Gasteiger partial charge in [-0.1, -0.05) is 26.0 Å². The van der Waals surface area contributed by atoms with E-state index in [1.807, 2.05) is 38.1 Å². The van der Waals surface area contributed by atoms with Gasteiger partial charge in [-0.25, -0.2) is 0 Å². The van der Waals surface area contributed by atoms with Crippen molar-refractivity contribution in [2.45, 2.75) is 20.4 Å². The highest BCUT2D eigenvalue weighted by Crippen LogP contribution is 2.10. The molecule has 1 amide bonds. The lowest BCUT2D eigenvalue weighted by Crippen LogP contribution is -2.38. The van der Waals surface area contributed by atoms with Crippen LogP contribution in [-0.4, -0.2) is 39.2 Å². The zero-order chi connectivity index (χ0) is 16.4. The average molecular weight is 306 g/mol. The van der Waals surface area contributed by atoms with Crippen molar-refractivity contribution in [3.63, 3.8) is 0 Å². The molecule has 6 heteroatoms. The maximum absolute atomic E-state index is 11.6. The van der Waals surface area contributed by atoms with Gasteiger partial charge >= 0.3 is 0 Å². The van der Waals surface area contributed by atoms with Gasteiger partial charge in [-0.05, 0) is 17.7 Å². The SMILES string of the molecule is CN=C(NCCOC)NCc1ccc(NC(=O)C(C)C)cc1. The molecule has 3 N–H and O–H groups in total. The first-order valence-electron chi connectivity index (χ1n) is 7.40. The fourth-order valence-corrected chi connectivity index (χ4v) is 1.67. The predicted molar refractivity (Wildman–Crippen MR) is 90.0 cm³/mol. The monoisotopic (exact) mass is 306 g/mol. The molecule has 0 heterocycles. The molecular formula is C16H26N4O2. The number of nitrogens with zero attached hydrogens (tertiary/aromatic N) is 1. The number of hydrogen-bond acceptors (Lipinski definition) is 3. The van der Waals surface area contributed by atoms with Crippen LogP contribution in [0.1, 0.15) is 19.4 Å². The van der Waals surface area contributed by atoms with Crippen molar-refractivity contribution in [3.8, 4) is 0 Å². The number of guanidine groups is 1. The Morgan fingerprint density at radius 3 is 2.45 bits per heavy atom. The normalized spacial score (nSPS) is 11.4. The van der Waals surface area contributed by atoms with Gasteiger partial charge in [0.15, 0.2) is 5.96 Å². The number of rotatable bonds is 7. The first-order chi connectivity index (χ1) is 10.6. The minimum absolute atomic E-state index is 0.0219. The van der Waals surface area contributed by atoms with E-state index in [0.29, 0.717) is 19.7 Å². The smallest absolute Gasteiger partial charge is 0.226 e. The van der Waals surface area contributed by atoms with Gasteiger partial charge in [-0.2, -0.15) is 0 Å². The second-order valence-electron chi connectivity index (χ2n) is 5.19. The van der Waals surface area contributed by atoms with Crippen molar-refractivity contribution in [1.82, 2.24) is 10.6 Å². The van der Waals surface area contributed by atoms with E-state index >= 15 is 0 Å². The van der Waals surface area contributed by atoms with Crippen molar-refractivity contribution in [2.75, 3.05) is 32.6 Å². The van der Waals surface area contributed by atoms with Crippen LogP contribution in [0.4, 0.5) is 5.69 Å². The number of nitrogens with one attached hydrogen (secondary N) is 3. The Balaban J connectivity index is 2.45. The fourth-order valence-electron chi connectivity index (χ4n) is 1.67. The van der Waals surface area contributed by atoms with Gasteiger partial charge in [0.2, 0.25) is 5.91 Å². The molecule has 1 aromatic carbocycles. The van der Waals surface area contributed by atoms with Crippen LogP contribution >= 0.6 is 0 Å². The third-order valence-electron chi connectivity index (χ3n) is 3.03. The highest BCUT2D eigenvalue weighted by molar-refractivity contribution is 5.92. The lowest BCUT2D eigenvalue weighted by atomic mass is 10.1. The number of amides is 1. The molecule has 0 fully saturated rings. The predicted octanol–water partition coefficient (Wildman–Crippen LogP) is 1.59. The Bertz CT molecular complexity index is 483. The molecule has 0 radical (unpaired) electrons. The first kappa shape index (κ1) is 18.0. The summed E-state index contributed by atoms with van der Waals surface area (Å²) in [6.07, 6.45) is 0. The quantitative estimate of drug-likeness (QED) is 0.406. The lowest BCUT2D eigenvalue weighted by Gasteiger charge is -2.12. The summed E-state index contributed by atoms with van der Waals surface area (Å²) in [6, 6.07) is 7.76. The Morgan fingerprint density at radius 2 is 1.91 bits per heavy atom. The number of benzene rings is 1. The molecule has 1 rings (SSSR count). The van der Waals surface area contributed by atoms with Crippen LogP contribution in [0.25, 0.3) is 0 Å². The molecule has 0 aliphatic carbocycles. The van der Waals surface area contributed by atoms with Gasteiger partial charge in [0.1, 0.15) is 0 Å². The zero-order valence-electron chi connectivity index (χ0n) is 13.8. The Morgan fingerprint density at radius 1 is 1.23 bits per heavy atom. The Hall–Kier alpha value is -2.08. The number of carbonyl (C=O) groups is 1. The average Bonchev–Trinajstić information content (AvgIpc) is 2.52. The summed E-state index contributed by atoms with van der Waals surface area (Å²) in [5.74, 6) is 0.727. The molecule has 0 saturated heterocycles. The third-order valence-corrected chi connectivity index (χ3v) is 3.03. The second kappa shape index (κ2) is 9.78. The molecule has 0 aromatic heterocycles. The summed E-state index contributed by atoms with van der Waals surface area (Å²) in [7, 11) is 3.39. The van der Waals surface area contributed by atoms with Crippen molar-refractivity contribution in [3.05, 3.63) is 29.8 Å². The number of methoxy groups -OCH3 is 1. The van der Waals surface area contributed by atoms with Gasteiger partial charge in [0.25, 0.3) is 0 Å². The summed E-state index contributed by atoms with van der Waals surface area (Å²) in [5, 5.41) is 9.24. The summed E-state index contributed by atoms with van der Waals surface area (Å²) in [4.78, 5) is 15.8. The van der Waals surface area contributed by atoms with Crippen molar-refractivity contribution < 1.29 is 9.53 Å². The molecule has 22 heavy (non-hydrogen) atoms. The summed E-state index contributed by atoms with van der Waals surface area (Å²) in [6.45, 7) is 5.73. The molecule has 0 aliphatic rings. The van der Waals surface area contributed by atoms with Gasteiger partial charge in [-0.3, -0.25) is 9.79 Å². The largest absolute Gasteiger partial charge is 0.383 e. The van der Waals surface area contributed by atoms with E-state index in [1.54, 1.807) is 14.2 Å². The maximum Gasteiger partial charge on any atom is 0.226 e. The molecule has 0 aliphatic heterocycles. The van der Waals surface area contributed by atoms with E-state index < -0.39 is 0 Å². The lowest BCUT2D eigenvalue weighted by molar-refractivity contribution is -0.118. The Labute approximate surface area is 132 Å². The minimum Gasteiger partial charge on any atom is -0.383 e. The van der Waals surface area contributed by atoms with Gasteiger partial charge in [0, 0.05) is 38.9 Å². The number of carbonyl (C=O) groups excluding carboxylic acids is 1. The van der Waals surface area contributed by atoms with E-state index in [9.17, 15) is 4.79 Å². The van der Waals surface area contributed by atoms with E-state index in [1.165, 1.54) is 0 Å². The van der Waals surface area contributed by atoms with Crippen LogP contribution < -0.4 is 16.0 Å². The Kier molecular flexibility index (Phi) is 7.99. The maximum atomic E-state index is 11.6. The number of ether oxygens (including phenoxy) is 1. The molecule has 0 spiro atoms. The molecule has 6 nitrogen and oxygen atoms in total. The molecule has 0 atom stereocenters. The van der Waals surface area contributed by atoms with E-state index in [-0.39, 0.29) is 11.8 Å². The summed E-state index contributed by atoms with van der Waals surface area (Å²) in [5.41, 5.74) is 1.92. The van der Waals surface area contributed by atoms with Crippen LogP contribution in [0.5, 0.6) is 0 Å². The second-order valence-corrected chi connectivity index (χ2v) is 5.19. The van der Waals surface area contributed by atoms with Crippen molar-refractivity contribution in [1.29, 1.82) is 0 Å². The summed E-state index contributed by atoms with van der Waals surface area (Å²) >= 11 is 0. The van der Waals surface area contributed by atoms with Crippen LogP contribution in [0.15, 0.2) is 29.3 Å². The van der Waals surface area contributed by atoms with E-state index in [4.69, 9.17) is 4.74 Å². The highest BCUT2D eigenvalue weighted by Gasteiger charge is 2.06. The minimum atomic E-state index is -0.0251. The van der Waals surface area contributed by atoms with Crippen LogP contribution in [0, 0.1) is 5.92 Å². The number of aliphatic imine (C=N–C) groups is 1. The van der Waals surface area contributed by atoms with Crippen molar-refractivity contribution >= 4 is 17.6 Å². The van der Waals surface area contributed by atoms with Crippen LogP contribution in [-0.2, 0) is 16.1 Å². The van der Waals surface area contributed by atoms with E-state index in [0.717, 1.165) is 17.2 Å². The third kappa shape index (κ3) is 6.58. The van der Waals surface area contributed by atoms with Gasteiger partial charge in [0.05, 0.1) is 6.61 Å². The molecule has 0 bridgehead atoms. The summed E-state index contributed by atoms with van der Waals surface area (Å²) < 4.78 is 4.98.